The Morgan fingerprint density at radius 3 is 2.43 bits per heavy atom. The molecule has 1 aromatic heterocycles. The fraction of sp³-hybridized carbons (Fsp3) is 0.737. The highest BCUT2D eigenvalue weighted by molar-refractivity contribution is 7.12. The zero-order valence-corrected chi connectivity index (χ0v) is 15.5. The molecule has 0 N–H and O–H groups in total. The van der Waals surface area contributed by atoms with Crippen molar-refractivity contribution in [2.75, 3.05) is 20.1 Å². The first-order valence-corrected chi connectivity index (χ1v) is 9.78. The summed E-state index contributed by atoms with van der Waals surface area (Å²) < 4.78 is 6.02. The molecule has 3 rings (SSSR count). The smallest absolute Gasteiger partial charge is 0.317 e. The first kappa shape index (κ1) is 17.0. The van der Waals surface area contributed by atoms with Crippen molar-refractivity contribution in [1.82, 2.24) is 4.90 Å². The van der Waals surface area contributed by atoms with Gasteiger partial charge in [0.2, 0.25) is 0 Å². The molecule has 2 heterocycles. The number of hydrogen-bond donors (Lipinski definition) is 0. The van der Waals surface area contributed by atoms with Gasteiger partial charge in [0.25, 0.3) is 0 Å². The van der Waals surface area contributed by atoms with Gasteiger partial charge in [0.05, 0.1) is 0 Å². The zero-order chi connectivity index (χ0) is 16.4. The molecule has 0 radical (unpaired) electrons. The average Bonchev–Trinajstić information content (AvgIpc) is 3.20. The maximum absolute atomic E-state index is 13.2. The summed E-state index contributed by atoms with van der Waals surface area (Å²) in [7, 11) is 2.13. The van der Waals surface area contributed by atoms with Crippen LogP contribution in [0.4, 0.5) is 0 Å². The van der Waals surface area contributed by atoms with Gasteiger partial charge in [0.1, 0.15) is 11.5 Å². The number of rotatable bonds is 4. The third-order valence-electron chi connectivity index (χ3n) is 5.79. The number of piperidine rings is 1. The van der Waals surface area contributed by atoms with E-state index < -0.39 is 5.41 Å². The predicted octanol–water partition coefficient (Wildman–Crippen LogP) is 4.14. The highest BCUT2D eigenvalue weighted by Gasteiger charge is 2.47. The molecule has 23 heavy (non-hydrogen) atoms. The minimum absolute atomic E-state index is 0.0146. The topological polar surface area (TPSA) is 29.5 Å². The Bertz CT molecular complexity index is 541. The molecule has 2 aliphatic rings. The van der Waals surface area contributed by atoms with Crippen molar-refractivity contribution in [1.29, 1.82) is 0 Å². The maximum atomic E-state index is 13.2. The van der Waals surface area contributed by atoms with Gasteiger partial charge in [-0.25, -0.2) is 0 Å². The van der Waals surface area contributed by atoms with Gasteiger partial charge < -0.3 is 9.64 Å². The van der Waals surface area contributed by atoms with Crippen molar-refractivity contribution in [2.24, 2.45) is 5.92 Å². The van der Waals surface area contributed by atoms with Gasteiger partial charge in [0, 0.05) is 22.8 Å². The summed E-state index contributed by atoms with van der Waals surface area (Å²) in [5, 5.41) is 0. The summed E-state index contributed by atoms with van der Waals surface area (Å²) in [4.78, 5) is 18.0. The third kappa shape index (κ3) is 3.48. The van der Waals surface area contributed by atoms with Crippen LogP contribution in [0.2, 0.25) is 0 Å². The van der Waals surface area contributed by atoms with Crippen LogP contribution >= 0.6 is 11.3 Å². The molecule has 0 aromatic carbocycles. The van der Waals surface area contributed by atoms with Crippen LogP contribution in [-0.4, -0.2) is 37.1 Å². The molecule has 2 fully saturated rings. The number of carbonyl (C=O) groups excluding carboxylic acids is 1. The number of ether oxygens (including phenoxy) is 1. The molecule has 1 saturated heterocycles. The molecule has 1 aromatic rings. The van der Waals surface area contributed by atoms with E-state index in [1.807, 2.05) is 0 Å². The van der Waals surface area contributed by atoms with Gasteiger partial charge in [-0.1, -0.05) is 12.8 Å². The van der Waals surface area contributed by atoms with E-state index in [0.29, 0.717) is 5.92 Å². The molecular formula is C19H29NO2S. The van der Waals surface area contributed by atoms with Crippen LogP contribution in [0.1, 0.15) is 55.2 Å². The fourth-order valence-corrected chi connectivity index (χ4v) is 5.14. The Balaban J connectivity index is 1.78. The molecule has 1 aliphatic heterocycles. The Labute approximate surface area is 144 Å². The Morgan fingerprint density at radius 2 is 1.87 bits per heavy atom. The van der Waals surface area contributed by atoms with Crippen LogP contribution in [0, 0.1) is 12.8 Å². The van der Waals surface area contributed by atoms with Gasteiger partial charge >= 0.3 is 5.97 Å². The fourth-order valence-electron chi connectivity index (χ4n) is 4.06. The van der Waals surface area contributed by atoms with E-state index in [-0.39, 0.29) is 12.1 Å². The Morgan fingerprint density at radius 1 is 1.22 bits per heavy atom. The summed E-state index contributed by atoms with van der Waals surface area (Å²) in [6, 6.07) is 4.28. The molecule has 0 spiro atoms. The largest absolute Gasteiger partial charge is 0.462 e. The second-order valence-electron chi connectivity index (χ2n) is 7.50. The highest BCUT2D eigenvalue weighted by atomic mass is 32.1. The normalized spacial score (nSPS) is 23.8. The van der Waals surface area contributed by atoms with Crippen molar-refractivity contribution >= 4 is 17.3 Å². The second-order valence-corrected chi connectivity index (χ2v) is 8.79. The van der Waals surface area contributed by atoms with Gasteiger partial charge in [-0.2, -0.15) is 0 Å². The number of nitrogens with zero attached hydrogens (tertiary/aromatic N) is 1. The lowest BCUT2D eigenvalue weighted by atomic mass is 9.74. The van der Waals surface area contributed by atoms with Crippen molar-refractivity contribution in [3.8, 4) is 0 Å². The lowest BCUT2D eigenvalue weighted by Crippen LogP contribution is -2.44. The minimum atomic E-state index is -0.460. The van der Waals surface area contributed by atoms with E-state index in [0.717, 1.165) is 38.8 Å². The molecule has 1 saturated carbocycles. The zero-order valence-electron chi connectivity index (χ0n) is 14.6. The van der Waals surface area contributed by atoms with Crippen molar-refractivity contribution in [2.45, 2.75) is 63.9 Å². The van der Waals surface area contributed by atoms with Crippen LogP contribution in [0.5, 0.6) is 0 Å². The molecule has 0 unspecified atom stereocenters. The van der Waals surface area contributed by atoms with E-state index in [9.17, 15) is 4.79 Å². The quantitative estimate of drug-likeness (QED) is 0.775. The number of carbonyl (C=O) groups is 1. The van der Waals surface area contributed by atoms with E-state index in [1.54, 1.807) is 11.3 Å². The summed E-state index contributed by atoms with van der Waals surface area (Å²) in [5.41, 5.74) is -0.460. The van der Waals surface area contributed by atoms with E-state index in [1.165, 1.54) is 22.6 Å². The molecule has 3 nitrogen and oxygen atoms in total. The molecule has 128 valence electrons. The summed E-state index contributed by atoms with van der Waals surface area (Å²) in [6.45, 7) is 6.30. The molecule has 1 atom stereocenters. The number of hydrogen-bond acceptors (Lipinski definition) is 4. The van der Waals surface area contributed by atoms with Crippen LogP contribution in [0.15, 0.2) is 12.1 Å². The van der Waals surface area contributed by atoms with Gasteiger partial charge in [-0.15, -0.1) is 11.3 Å². The molecule has 4 heteroatoms. The second kappa shape index (κ2) is 6.94. The number of aryl methyl sites for hydroxylation is 1. The monoisotopic (exact) mass is 335 g/mol. The summed E-state index contributed by atoms with van der Waals surface area (Å²) in [5.74, 6) is 0.445. The summed E-state index contributed by atoms with van der Waals surface area (Å²) >= 11 is 1.76. The molecular weight excluding hydrogens is 306 g/mol. The lowest BCUT2D eigenvalue weighted by molar-refractivity contribution is -0.160. The van der Waals surface area contributed by atoms with Crippen molar-refractivity contribution in [3.63, 3.8) is 0 Å². The maximum Gasteiger partial charge on any atom is 0.317 e. The number of thiophene rings is 1. The highest BCUT2D eigenvalue weighted by Crippen LogP contribution is 2.45. The van der Waals surface area contributed by atoms with Gasteiger partial charge in [-0.3, -0.25) is 4.79 Å². The first-order valence-electron chi connectivity index (χ1n) is 8.96. The average molecular weight is 336 g/mol. The van der Waals surface area contributed by atoms with Crippen LogP contribution in [0.25, 0.3) is 0 Å². The summed E-state index contributed by atoms with van der Waals surface area (Å²) in [6.07, 6.45) is 6.81. The first-order chi connectivity index (χ1) is 11.0. The predicted molar refractivity (Wildman–Crippen MR) is 95.0 cm³/mol. The third-order valence-corrected chi connectivity index (χ3v) is 7.03. The van der Waals surface area contributed by atoms with E-state index >= 15 is 0 Å². The Hall–Kier alpha value is -0.870. The minimum Gasteiger partial charge on any atom is -0.462 e. The van der Waals surface area contributed by atoms with E-state index in [2.05, 4.69) is 37.9 Å². The number of likely N-dealkylation sites (tertiary alicyclic amines) is 1. The van der Waals surface area contributed by atoms with Gasteiger partial charge in [-0.05, 0) is 64.6 Å². The lowest BCUT2D eigenvalue weighted by Gasteiger charge is -2.36. The molecule has 0 bridgehead atoms. The number of esters is 1. The van der Waals surface area contributed by atoms with E-state index in [4.69, 9.17) is 4.74 Å². The van der Waals surface area contributed by atoms with Crippen LogP contribution in [0.3, 0.4) is 0 Å². The van der Waals surface area contributed by atoms with Crippen molar-refractivity contribution in [3.05, 3.63) is 21.9 Å². The SMILES string of the molecule is Cc1ccc([C@@](C)(C(=O)OC2CCN(C)CC2)C2CCCC2)s1. The van der Waals surface area contributed by atoms with Crippen LogP contribution in [-0.2, 0) is 14.9 Å². The van der Waals surface area contributed by atoms with Gasteiger partial charge in [0.15, 0.2) is 0 Å². The molecule has 0 amide bonds. The molecule has 1 aliphatic carbocycles. The standard InChI is InChI=1S/C19H29NO2S/c1-14-8-9-17(23-14)19(2,15-6-4-5-7-15)18(21)22-16-10-12-20(3)13-11-16/h8-9,15-16H,4-7,10-13H2,1-3H3/t19-/m0/s1. The van der Waals surface area contributed by atoms with Crippen LogP contribution < -0.4 is 0 Å². The van der Waals surface area contributed by atoms with Crippen molar-refractivity contribution < 1.29 is 9.53 Å². The Kier molecular flexibility index (Phi) is 5.12.